The molecule has 3 heteroatoms. The van der Waals surface area contributed by atoms with Crippen molar-refractivity contribution >= 4 is 0 Å². The van der Waals surface area contributed by atoms with Crippen molar-refractivity contribution in [2.75, 3.05) is 33.9 Å². The van der Waals surface area contributed by atoms with E-state index in [1.54, 1.807) is 0 Å². The fourth-order valence-electron chi connectivity index (χ4n) is 4.20. The number of likely N-dealkylation sites (N-methyl/N-ethyl adjacent to an activating group) is 2. The highest BCUT2D eigenvalue weighted by molar-refractivity contribution is 4.90. The van der Waals surface area contributed by atoms with Gasteiger partial charge in [0.15, 0.2) is 0 Å². The number of rotatable bonds is 6. The van der Waals surface area contributed by atoms with Gasteiger partial charge in [0, 0.05) is 31.8 Å². The molecule has 2 fully saturated rings. The average Bonchev–Trinajstić information content (AvgIpc) is 2.48. The van der Waals surface area contributed by atoms with Crippen molar-refractivity contribution in [1.82, 2.24) is 10.2 Å². The van der Waals surface area contributed by atoms with Gasteiger partial charge in [-0.2, -0.15) is 0 Å². The lowest BCUT2D eigenvalue weighted by atomic mass is 9.79. The van der Waals surface area contributed by atoms with Crippen molar-refractivity contribution in [3.63, 3.8) is 0 Å². The minimum Gasteiger partial charge on any atom is -0.381 e. The molecule has 0 aromatic rings. The molecule has 1 aliphatic carbocycles. The van der Waals surface area contributed by atoms with Crippen LogP contribution in [0.4, 0.5) is 0 Å². The molecule has 1 heterocycles. The lowest BCUT2D eigenvalue weighted by Gasteiger charge is -2.42. The van der Waals surface area contributed by atoms with Crippen LogP contribution < -0.4 is 5.32 Å². The Bertz CT molecular complexity index is 266. The molecule has 0 aromatic heterocycles. The first-order valence-corrected chi connectivity index (χ1v) is 8.69. The van der Waals surface area contributed by atoms with Crippen molar-refractivity contribution in [2.24, 2.45) is 11.8 Å². The smallest absolute Gasteiger partial charge is 0.0469 e. The molecule has 0 spiro atoms. The van der Waals surface area contributed by atoms with Gasteiger partial charge >= 0.3 is 0 Å². The van der Waals surface area contributed by atoms with Gasteiger partial charge in [-0.15, -0.1) is 0 Å². The molecule has 0 radical (unpaired) electrons. The molecule has 2 aliphatic rings. The van der Waals surface area contributed by atoms with E-state index in [0.29, 0.717) is 6.04 Å². The quantitative estimate of drug-likeness (QED) is 0.811. The Morgan fingerprint density at radius 1 is 1.10 bits per heavy atom. The van der Waals surface area contributed by atoms with Crippen LogP contribution in [0.25, 0.3) is 0 Å². The zero-order valence-electron chi connectivity index (χ0n) is 13.7. The first kappa shape index (κ1) is 16.3. The van der Waals surface area contributed by atoms with Crippen molar-refractivity contribution < 1.29 is 4.74 Å². The van der Waals surface area contributed by atoms with Gasteiger partial charge in [-0.3, -0.25) is 0 Å². The highest BCUT2D eigenvalue weighted by atomic mass is 16.5. The summed E-state index contributed by atoms with van der Waals surface area (Å²) in [7, 11) is 4.49. The van der Waals surface area contributed by atoms with Crippen LogP contribution in [0.15, 0.2) is 0 Å². The largest absolute Gasteiger partial charge is 0.381 e. The number of nitrogens with one attached hydrogen (secondary N) is 1. The van der Waals surface area contributed by atoms with Crippen LogP contribution in [0.3, 0.4) is 0 Å². The molecule has 1 saturated heterocycles. The molecule has 1 aliphatic heterocycles. The second kappa shape index (κ2) is 8.35. The highest BCUT2D eigenvalue weighted by Gasteiger charge is 2.32. The minimum atomic E-state index is 0.688. The van der Waals surface area contributed by atoms with Crippen LogP contribution in [0.1, 0.15) is 51.9 Å². The molecular weight excluding hydrogens is 248 g/mol. The van der Waals surface area contributed by atoms with Crippen molar-refractivity contribution in [2.45, 2.75) is 64.0 Å². The zero-order valence-corrected chi connectivity index (χ0v) is 13.7. The summed E-state index contributed by atoms with van der Waals surface area (Å²) in [5.74, 6) is 1.80. The maximum atomic E-state index is 5.49. The Balaban J connectivity index is 1.87. The summed E-state index contributed by atoms with van der Waals surface area (Å²) >= 11 is 0. The maximum Gasteiger partial charge on any atom is 0.0469 e. The van der Waals surface area contributed by atoms with E-state index in [0.717, 1.165) is 31.1 Å². The van der Waals surface area contributed by atoms with E-state index in [9.17, 15) is 0 Å². The molecule has 1 N–H and O–H groups in total. The third kappa shape index (κ3) is 4.44. The predicted octanol–water partition coefficient (Wildman–Crippen LogP) is 2.90. The van der Waals surface area contributed by atoms with E-state index < -0.39 is 0 Å². The van der Waals surface area contributed by atoms with E-state index in [-0.39, 0.29) is 0 Å². The molecular formula is C17H34N2O. The number of hydrogen-bond donors (Lipinski definition) is 1. The van der Waals surface area contributed by atoms with Crippen LogP contribution in [0, 0.1) is 11.8 Å². The third-order valence-corrected chi connectivity index (χ3v) is 5.45. The van der Waals surface area contributed by atoms with Crippen LogP contribution in [-0.4, -0.2) is 50.8 Å². The van der Waals surface area contributed by atoms with Gasteiger partial charge in [0.1, 0.15) is 0 Å². The van der Waals surface area contributed by atoms with E-state index in [1.165, 1.54) is 51.5 Å². The van der Waals surface area contributed by atoms with Crippen molar-refractivity contribution in [3.8, 4) is 0 Å². The van der Waals surface area contributed by atoms with Gasteiger partial charge in [-0.05, 0) is 58.0 Å². The van der Waals surface area contributed by atoms with E-state index >= 15 is 0 Å². The standard InChI is InChI=1S/C17H34N2O/c1-4-5-14-6-7-16(18-2)17(12-14)19(3)13-15-8-10-20-11-9-15/h14-18H,4-13H2,1-3H3. The normalized spacial score (nSPS) is 32.7. The van der Waals surface area contributed by atoms with E-state index in [1.807, 2.05) is 0 Å². The molecule has 1 saturated carbocycles. The predicted molar refractivity (Wildman–Crippen MR) is 85.1 cm³/mol. The Hall–Kier alpha value is -0.120. The first-order chi connectivity index (χ1) is 9.74. The molecule has 0 amide bonds. The maximum absolute atomic E-state index is 5.49. The Morgan fingerprint density at radius 2 is 1.85 bits per heavy atom. The SMILES string of the molecule is CCCC1CCC(NC)C(N(C)CC2CCOCC2)C1. The summed E-state index contributed by atoms with van der Waals surface area (Å²) < 4.78 is 5.49. The summed E-state index contributed by atoms with van der Waals surface area (Å²) in [4.78, 5) is 2.65. The van der Waals surface area contributed by atoms with E-state index in [2.05, 4.69) is 31.2 Å². The van der Waals surface area contributed by atoms with Crippen LogP contribution in [0.2, 0.25) is 0 Å². The minimum absolute atomic E-state index is 0.688. The molecule has 118 valence electrons. The molecule has 3 nitrogen and oxygen atoms in total. The second-order valence-corrected chi connectivity index (χ2v) is 6.93. The van der Waals surface area contributed by atoms with Gasteiger partial charge < -0.3 is 15.0 Å². The monoisotopic (exact) mass is 282 g/mol. The lowest BCUT2D eigenvalue weighted by Crippen LogP contribution is -2.52. The Morgan fingerprint density at radius 3 is 2.50 bits per heavy atom. The van der Waals surface area contributed by atoms with Crippen LogP contribution in [0.5, 0.6) is 0 Å². The van der Waals surface area contributed by atoms with Gasteiger partial charge in [0.05, 0.1) is 0 Å². The highest BCUT2D eigenvalue weighted by Crippen LogP contribution is 2.31. The van der Waals surface area contributed by atoms with Gasteiger partial charge in [-0.1, -0.05) is 19.8 Å². The summed E-state index contributed by atoms with van der Waals surface area (Å²) in [6.07, 6.45) is 9.41. The summed E-state index contributed by atoms with van der Waals surface area (Å²) in [5, 5.41) is 3.57. The second-order valence-electron chi connectivity index (χ2n) is 6.93. The number of ether oxygens (including phenoxy) is 1. The van der Waals surface area contributed by atoms with Gasteiger partial charge in [0.25, 0.3) is 0 Å². The molecule has 2 rings (SSSR count). The summed E-state index contributed by atoms with van der Waals surface area (Å²) in [6.45, 7) is 5.52. The first-order valence-electron chi connectivity index (χ1n) is 8.69. The van der Waals surface area contributed by atoms with Crippen molar-refractivity contribution in [3.05, 3.63) is 0 Å². The topological polar surface area (TPSA) is 24.5 Å². The van der Waals surface area contributed by atoms with Gasteiger partial charge in [0.2, 0.25) is 0 Å². The van der Waals surface area contributed by atoms with E-state index in [4.69, 9.17) is 4.74 Å². The van der Waals surface area contributed by atoms with Gasteiger partial charge in [-0.25, -0.2) is 0 Å². The molecule has 3 unspecified atom stereocenters. The Labute approximate surface area is 125 Å². The average molecular weight is 282 g/mol. The zero-order chi connectivity index (χ0) is 14.4. The van der Waals surface area contributed by atoms with Crippen LogP contribution >= 0.6 is 0 Å². The fourth-order valence-corrected chi connectivity index (χ4v) is 4.20. The fraction of sp³-hybridized carbons (Fsp3) is 1.00. The lowest BCUT2D eigenvalue weighted by molar-refractivity contribution is 0.0391. The number of hydrogen-bond acceptors (Lipinski definition) is 3. The summed E-state index contributed by atoms with van der Waals surface area (Å²) in [5.41, 5.74) is 0. The molecule has 3 atom stereocenters. The number of nitrogens with zero attached hydrogens (tertiary/aromatic N) is 1. The molecule has 20 heavy (non-hydrogen) atoms. The van der Waals surface area contributed by atoms with Crippen molar-refractivity contribution in [1.29, 1.82) is 0 Å². The van der Waals surface area contributed by atoms with Crippen LogP contribution in [-0.2, 0) is 4.74 Å². The molecule has 0 aromatic carbocycles. The summed E-state index contributed by atoms with van der Waals surface area (Å²) in [6, 6.07) is 1.42. The Kier molecular flexibility index (Phi) is 6.79. The molecule has 0 bridgehead atoms. The third-order valence-electron chi connectivity index (χ3n) is 5.45.